The topological polar surface area (TPSA) is 118 Å². The number of carbonyl (C=O) groups is 1. The Morgan fingerprint density at radius 3 is 3.05 bits per heavy atom. The molecule has 19 heavy (non-hydrogen) atoms. The molecule has 1 fully saturated rings. The van der Waals surface area contributed by atoms with Crippen molar-refractivity contribution < 1.29 is 13.2 Å². The largest absolute Gasteiger partial charge is 0.350 e. The Labute approximate surface area is 110 Å². The third kappa shape index (κ3) is 4.48. The number of hydrogen-bond acceptors (Lipinski definition) is 6. The highest BCUT2D eigenvalue weighted by atomic mass is 32.2. The number of amides is 1. The molecule has 1 saturated heterocycles. The maximum atomic E-state index is 11.7. The van der Waals surface area contributed by atoms with Crippen molar-refractivity contribution in [2.75, 3.05) is 24.1 Å². The van der Waals surface area contributed by atoms with E-state index in [1.165, 1.54) is 10.9 Å². The van der Waals surface area contributed by atoms with E-state index in [4.69, 9.17) is 0 Å². The van der Waals surface area contributed by atoms with Crippen molar-refractivity contribution in [1.29, 1.82) is 0 Å². The predicted octanol–water partition coefficient (Wildman–Crippen LogP) is -1.87. The van der Waals surface area contributed by atoms with E-state index in [2.05, 4.69) is 25.7 Å². The Hall–Kier alpha value is -1.68. The van der Waals surface area contributed by atoms with Crippen LogP contribution in [0.15, 0.2) is 6.20 Å². The highest BCUT2D eigenvalue weighted by molar-refractivity contribution is 7.92. The van der Waals surface area contributed by atoms with E-state index in [-0.39, 0.29) is 24.3 Å². The van der Waals surface area contributed by atoms with Crippen LogP contribution in [0.3, 0.4) is 0 Å². The fraction of sp³-hybridized carbons (Fsp3) is 0.667. The zero-order chi connectivity index (χ0) is 13.9. The van der Waals surface area contributed by atoms with E-state index in [0.29, 0.717) is 0 Å². The summed E-state index contributed by atoms with van der Waals surface area (Å²) in [6, 6.07) is 0.143. The quantitative estimate of drug-likeness (QED) is 0.584. The van der Waals surface area contributed by atoms with Gasteiger partial charge in [0, 0.05) is 12.6 Å². The first-order chi connectivity index (χ1) is 8.92. The number of carbonyl (C=O) groups excluding carboxylic acids is 1. The van der Waals surface area contributed by atoms with E-state index in [1.54, 1.807) is 0 Å². The summed E-state index contributed by atoms with van der Waals surface area (Å²) in [7, 11) is -3.39. The number of hydrogen-bond donors (Lipinski definition) is 3. The molecule has 10 heteroatoms. The smallest absolute Gasteiger partial charge is 0.242 e. The number of sulfonamides is 1. The molecule has 1 aromatic heterocycles. The van der Waals surface area contributed by atoms with Crippen LogP contribution in [0.25, 0.3) is 0 Å². The number of anilines is 1. The molecule has 0 bridgehead atoms. The fourth-order valence-electron chi connectivity index (χ4n) is 1.81. The molecule has 2 heterocycles. The van der Waals surface area contributed by atoms with Crippen molar-refractivity contribution in [3.8, 4) is 0 Å². The molecule has 1 atom stereocenters. The van der Waals surface area contributed by atoms with E-state index < -0.39 is 10.0 Å². The number of nitrogens with zero attached hydrogens (tertiary/aromatic N) is 3. The summed E-state index contributed by atoms with van der Waals surface area (Å²) < 4.78 is 25.4. The summed E-state index contributed by atoms with van der Waals surface area (Å²) in [5.41, 5.74) is 0. The molecule has 0 radical (unpaired) electrons. The van der Waals surface area contributed by atoms with Crippen LogP contribution in [-0.4, -0.2) is 54.7 Å². The third-order valence-electron chi connectivity index (χ3n) is 2.56. The van der Waals surface area contributed by atoms with Gasteiger partial charge in [0.1, 0.15) is 6.54 Å². The van der Waals surface area contributed by atoms with Crippen molar-refractivity contribution in [2.24, 2.45) is 0 Å². The lowest BCUT2D eigenvalue weighted by Gasteiger charge is -2.10. The monoisotopic (exact) mass is 288 g/mol. The molecular formula is C9H16N6O3S. The Morgan fingerprint density at radius 2 is 2.42 bits per heavy atom. The molecule has 1 aliphatic rings. The highest BCUT2D eigenvalue weighted by Gasteiger charge is 2.17. The first-order valence-corrected chi connectivity index (χ1v) is 7.69. The summed E-state index contributed by atoms with van der Waals surface area (Å²) >= 11 is 0. The Kier molecular flexibility index (Phi) is 4.00. The number of rotatable bonds is 5. The van der Waals surface area contributed by atoms with Crippen LogP contribution in [0.1, 0.15) is 6.42 Å². The normalized spacial score (nSPS) is 19.3. The molecule has 2 rings (SSSR count). The van der Waals surface area contributed by atoms with Gasteiger partial charge in [-0.15, -0.1) is 5.10 Å². The Balaban J connectivity index is 1.87. The van der Waals surface area contributed by atoms with Gasteiger partial charge in [0.15, 0.2) is 5.82 Å². The Morgan fingerprint density at radius 1 is 1.63 bits per heavy atom. The van der Waals surface area contributed by atoms with E-state index in [0.717, 1.165) is 25.8 Å². The van der Waals surface area contributed by atoms with Crippen LogP contribution < -0.4 is 15.4 Å². The average Bonchev–Trinajstić information content (AvgIpc) is 2.88. The van der Waals surface area contributed by atoms with Crippen molar-refractivity contribution in [3.05, 3.63) is 6.20 Å². The molecule has 1 unspecified atom stereocenters. The maximum absolute atomic E-state index is 11.7. The molecular weight excluding hydrogens is 272 g/mol. The molecule has 0 aromatic carbocycles. The molecule has 1 amide bonds. The summed E-state index contributed by atoms with van der Waals surface area (Å²) in [5.74, 6) is -0.0812. The second-order valence-corrected chi connectivity index (χ2v) is 6.18. The summed E-state index contributed by atoms with van der Waals surface area (Å²) in [6.07, 6.45) is 3.29. The second-order valence-electron chi connectivity index (χ2n) is 4.43. The van der Waals surface area contributed by atoms with Crippen LogP contribution in [0.5, 0.6) is 0 Å². The van der Waals surface area contributed by atoms with Crippen molar-refractivity contribution >= 4 is 21.7 Å². The zero-order valence-electron chi connectivity index (χ0n) is 10.5. The van der Waals surface area contributed by atoms with E-state index in [1.807, 2.05) is 0 Å². The van der Waals surface area contributed by atoms with Gasteiger partial charge in [-0.05, 0) is 13.0 Å². The summed E-state index contributed by atoms with van der Waals surface area (Å²) in [4.78, 5) is 11.7. The van der Waals surface area contributed by atoms with Gasteiger partial charge in [-0.2, -0.15) is 0 Å². The number of aromatic nitrogens is 3. The molecule has 1 aliphatic heterocycles. The Bertz CT molecular complexity index is 548. The minimum absolute atomic E-state index is 0.00887. The highest BCUT2D eigenvalue weighted by Crippen LogP contribution is 2.02. The molecule has 0 saturated carbocycles. The lowest BCUT2D eigenvalue weighted by Crippen LogP contribution is -2.38. The van der Waals surface area contributed by atoms with E-state index >= 15 is 0 Å². The first kappa shape index (κ1) is 13.7. The lowest BCUT2D eigenvalue weighted by molar-refractivity contribution is -0.122. The van der Waals surface area contributed by atoms with Gasteiger partial charge in [0.05, 0.1) is 12.5 Å². The molecule has 1 aromatic rings. The zero-order valence-corrected chi connectivity index (χ0v) is 11.3. The van der Waals surface area contributed by atoms with Crippen LogP contribution in [-0.2, 0) is 21.4 Å². The molecule has 9 nitrogen and oxygen atoms in total. The summed E-state index contributed by atoms with van der Waals surface area (Å²) in [6.45, 7) is 1.68. The first-order valence-electron chi connectivity index (χ1n) is 5.80. The minimum atomic E-state index is -3.39. The average molecular weight is 288 g/mol. The van der Waals surface area contributed by atoms with Gasteiger partial charge in [-0.25, -0.2) is 13.1 Å². The van der Waals surface area contributed by atoms with Gasteiger partial charge in [0.25, 0.3) is 0 Å². The van der Waals surface area contributed by atoms with Crippen molar-refractivity contribution in [1.82, 2.24) is 25.6 Å². The van der Waals surface area contributed by atoms with Crippen LogP contribution in [0.2, 0.25) is 0 Å². The predicted molar refractivity (Wildman–Crippen MR) is 67.9 cm³/mol. The molecule has 0 aliphatic carbocycles. The lowest BCUT2D eigenvalue weighted by atomic mass is 10.2. The van der Waals surface area contributed by atoms with E-state index in [9.17, 15) is 13.2 Å². The van der Waals surface area contributed by atoms with Gasteiger partial charge < -0.3 is 10.6 Å². The fourth-order valence-corrected chi connectivity index (χ4v) is 2.28. The molecule has 0 spiro atoms. The van der Waals surface area contributed by atoms with Gasteiger partial charge in [-0.1, -0.05) is 5.21 Å². The third-order valence-corrected chi connectivity index (χ3v) is 3.14. The van der Waals surface area contributed by atoms with Gasteiger partial charge >= 0.3 is 0 Å². The standard InChI is InChI=1S/C9H16N6O3S/c1-19(17,18)13-8-5-15(14-12-8)6-9(16)11-7-2-3-10-4-7/h5,7,10,13H,2-4,6H2,1H3,(H,11,16). The second kappa shape index (κ2) is 5.53. The van der Waals surface area contributed by atoms with Crippen LogP contribution in [0.4, 0.5) is 5.82 Å². The van der Waals surface area contributed by atoms with Crippen LogP contribution in [0, 0.1) is 0 Å². The van der Waals surface area contributed by atoms with Gasteiger partial charge in [0.2, 0.25) is 15.9 Å². The van der Waals surface area contributed by atoms with Crippen molar-refractivity contribution in [2.45, 2.75) is 19.0 Å². The maximum Gasteiger partial charge on any atom is 0.242 e. The number of nitrogens with one attached hydrogen (secondary N) is 3. The van der Waals surface area contributed by atoms with Gasteiger partial charge in [-0.3, -0.25) is 9.52 Å². The SMILES string of the molecule is CS(=O)(=O)Nc1cn(CC(=O)NC2CCNC2)nn1. The molecule has 3 N–H and O–H groups in total. The van der Waals surface area contributed by atoms with Crippen molar-refractivity contribution in [3.63, 3.8) is 0 Å². The minimum Gasteiger partial charge on any atom is -0.350 e. The van der Waals surface area contributed by atoms with Crippen LogP contribution >= 0.6 is 0 Å². The molecule has 106 valence electrons. The summed E-state index contributed by atoms with van der Waals surface area (Å²) in [5, 5.41) is 13.3.